The lowest BCUT2D eigenvalue weighted by Gasteiger charge is -2.13. The Kier molecular flexibility index (Phi) is 8.18. The molecule has 0 radical (unpaired) electrons. The van der Waals surface area contributed by atoms with Crippen LogP contribution >= 0.6 is 0 Å². The van der Waals surface area contributed by atoms with Crippen molar-refractivity contribution in [2.24, 2.45) is 0 Å². The summed E-state index contributed by atoms with van der Waals surface area (Å²) < 4.78 is 21.6. The number of aromatic hydroxyl groups is 1. The Morgan fingerprint density at radius 1 is 0.765 bits per heavy atom. The number of methoxy groups -OCH3 is 4. The van der Waals surface area contributed by atoms with Crippen molar-refractivity contribution in [3.8, 4) is 28.7 Å². The van der Waals surface area contributed by atoms with Gasteiger partial charge in [-0.25, -0.2) is 0 Å². The lowest BCUT2D eigenvalue weighted by molar-refractivity contribution is -0.111. The molecule has 0 saturated heterocycles. The highest BCUT2D eigenvalue weighted by Gasteiger charge is 2.12. The van der Waals surface area contributed by atoms with Gasteiger partial charge in [0.05, 0.1) is 28.4 Å². The van der Waals surface area contributed by atoms with Crippen LogP contribution in [0.5, 0.6) is 28.7 Å². The summed E-state index contributed by atoms with van der Waals surface area (Å²) in [7, 11) is 6.26. The van der Waals surface area contributed by atoms with Crippen molar-refractivity contribution < 1.29 is 28.8 Å². The standard InChI is InChI=1S/C27H27NO6/c1-31-22-12-13-23(28-26(30)14-8-18-6-10-21(29)11-7-18)20(17-22)9-5-19-15-24(32-2)27(34-4)25(16-19)33-3/h5-17,29H,1-4H3,(H,28,30)/b9-5?,14-8+. The summed E-state index contributed by atoms with van der Waals surface area (Å²) in [6.07, 6.45) is 6.84. The van der Waals surface area contributed by atoms with E-state index in [1.54, 1.807) is 70.9 Å². The van der Waals surface area contributed by atoms with Crippen LogP contribution in [0.4, 0.5) is 5.69 Å². The highest BCUT2D eigenvalue weighted by atomic mass is 16.5. The van der Waals surface area contributed by atoms with E-state index in [4.69, 9.17) is 18.9 Å². The maximum Gasteiger partial charge on any atom is 0.248 e. The molecule has 0 saturated carbocycles. The number of ether oxygens (including phenoxy) is 4. The normalized spacial score (nSPS) is 10.9. The molecule has 0 spiro atoms. The van der Waals surface area contributed by atoms with E-state index in [0.717, 1.165) is 16.7 Å². The average molecular weight is 462 g/mol. The van der Waals surface area contributed by atoms with Gasteiger partial charge < -0.3 is 29.4 Å². The summed E-state index contributed by atoms with van der Waals surface area (Å²) in [6, 6.07) is 15.6. The van der Waals surface area contributed by atoms with Gasteiger partial charge in [-0.15, -0.1) is 0 Å². The molecular weight excluding hydrogens is 434 g/mol. The van der Waals surface area contributed by atoms with Crippen molar-refractivity contribution in [2.45, 2.75) is 0 Å². The Morgan fingerprint density at radius 3 is 2.03 bits per heavy atom. The fraction of sp³-hybridized carbons (Fsp3) is 0.148. The molecule has 0 unspecified atom stereocenters. The van der Waals surface area contributed by atoms with Crippen LogP contribution in [0.2, 0.25) is 0 Å². The van der Waals surface area contributed by atoms with Crippen LogP contribution in [-0.4, -0.2) is 39.5 Å². The van der Waals surface area contributed by atoms with E-state index in [1.165, 1.54) is 6.08 Å². The zero-order valence-electron chi connectivity index (χ0n) is 19.5. The molecule has 0 aliphatic rings. The third-order valence-corrected chi connectivity index (χ3v) is 4.98. The number of anilines is 1. The number of hydrogen-bond acceptors (Lipinski definition) is 6. The molecule has 3 rings (SSSR count). The third kappa shape index (κ3) is 6.10. The second-order valence-corrected chi connectivity index (χ2v) is 7.16. The maximum atomic E-state index is 12.5. The fourth-order valence-corrected chi connectivity index (χ4v) is 3.23. The zero-order chi connectivity index (χ0) is 24.5. The van der Waals surface area contributed by atoms with Crippen LogP contribution in [0.1, 0.15) is 16.7 Å². The number of nitrogens with one attached hydrogen (secondary N) is 1. The van der Waals surface area contributed by atoms with E-state index in [9.17, 15) is 9.90 Å². The molecule has 0 aliphatic carbocycles. The van der Waals surface area contributed by atoms with Gasteiger partial charge in [0.15, 0.2) is 11.5 Å². The first kappa shape index (κ1) is 24.3. The molecule has 0 fully saturated rings. The second kappa shape index (κ2) is 11.5. The van der Waals surface area contributed by atoms with Gasteiger partial charge in [-0.05, 0) is 59.7 Å². The van der Waals surface area contributed by atoms with E-state index in [1.807, 2.05) is 30.4 Å². The number of rotatable bonds is 9. The van der Waals surface area contributed by atoms with E-state index in [0.29, 0.717) is 28.7 Å². The molecule has 3 aromatic carbocycles. The van der Waals surface area contributed by atoms with Crippen LogP contribution < -0.4 is 24.3 Å². The molecule has 0 aliphatic heterocycles. The summed E-state index contributed by atoms with van der Waals surface area (Å²) in [4.78, 5) is 12.5. The van der Waals surface area contributed by atoms with E-state index < -0.39 is 0 Å². The monoisotopic (exact) mass is 461 g/mol. The van der Waals surface area contributed by atoms with E-state index in [2.05, 4.69) is 5.32 Å². The van der Waals surface area contributed by atoms with Crippen LogP contribution in [0, 0.1) is 0 Å². The maximum absolute atomic E-state index is 12.5. The Morgan fingerprint density at radius 2 is 1.44 bits per heavy atom. The number of carbonyl (C=O) groups is 1. The molecule has 0 heterocycles. The molecule has 1 amide bonds. The number of amides is 1. The lowest BCUT2D eigenvalue weighted by Crippen LogP contribution is -2.09. The highest BCUT2D eigenvalue weighted by molar-refractivity contribution is 6.03. The van der Waals surface area contributed by atoms with Gasteiger partial charge in [0.1, 0.15) is 11.5 Å². The molecule has 0 aromatic heterocycles. The highest BCUT2D eigenvalue weighted by Crippen LogP contribution is 2.38. The number of benzene rings is 3. The number of phenolic OH excluding ortho intramolecular Hbond substituents is 1. The predicted octanol–water partition coefficient (Wildman–Crippen LogP) is 5.25. The predicted molar refractivity (Wildman–Crippen MR) is 134 cm³/mol. The molecular formula is C27H27NO6. The van der Waals surface area contributed by atoms with Crippen LogP contribution in [0.15, 0.2) is 60.7 Å². The third-order valence-electron chi connectivity index (χ3n) is 4.98. The van der Waals surface area contributed by atoms with E-state index >= 15 is 0 Å². The van der Waals surface area contributed by atoms with Gasteiger partial charge in [-0.3, -0.25) is 4.79 Å². The SMILES string of the molecule is COc1ccc(NC(=O)/C=C/c2ccc(O)cc2)c(C=Cc2cc(OC)c(OC)c(OC)c2)c1. The molecule has 7 nitrogen and oxygen atoms in total. The van der Waals surface area contributed by atoms with Gasteiger partial charge in [-0.2, -0.15) is 0 Å². The summed E-state index contributed by atoms with van der Waals surface area (Å²) in [6.45, 7) is 0. The van der Waals surface area contributed by atoms with Gasteiger partial charge in [0, 0.05) is 17.3 Å². The Hall–Kier alpha value is -4.39. The van der Waals surface area contributed by atoms with Crippen molar-refractivity contribution in [2.75, 3.05) is 33.8 Å². The van der Waals surface area contributed by atoms with Gasteiger partial charge in [0.2, 0.25) is 11.7 Å². The summed E-state index contributed by atoms with van der Waals surface area (Å²) in [5.74, 6) is 2.13. The molecule has 3 aromatic rings. The summed E-state index contributed by atoms with van der Waals surface area (Å²) in [5.41, 5.74) is 2.98. The minimum absolute atomic E-state index is 0.170. The second-order valence-electron chi connectivity index (χ2n) is 7.16. The number of phenols is 1. The van der Waals surface area contributed by atoms with Gasteiger partial charge >= 0.3 is 0 Å². The smallest absolute Gasteiger partial charge is 0.248 e. The minimum atomic E-state index is -0.291. The quantitative estimate of drug-likeness (QED) is 0.334. The van der Waals surface area contributed by atoms with Crippen molar-refractivity contribution in [3.05, 3.63) is 77.4 Å². The van der Waals surface area contributed by atoms with E-state index in [-0.39, 0.29) is 11.7 Å². The minimum Gasteiger partial charge on any atom is -0.508 e. The Bertz CT molecular complexity index is 1170. The first-order valence-electron chi connectivity index (χ1n) is 10.4. The molecule has 176 valence electrons. The largest absolute Gasteiger partial charge is 0.508 e. The first-order chi connectivity index (χ1) is 16.5. The summed E-state index contributed by atoms with van der Waals surface area (Å²) in [5, 5.41) is 12.3. The van der Waals surface area contributed by atoms with Gasteiger partial charge in [-0.1, -0.05) is 24.3 Å². The van der Waals surface area contributed by atoms with Gasteiger partial charge in [0.25, 0.3) is 0 Å². The zero-order valence-corrected chi connectivity index (χ0v) is 19.5. The van der Waals surface area contributed by atoms with Crippen molar-refractivity contribution in [1.29, 1.82) is 0 Å². The number of carbonyl (C=O) groups excluding carboxylic acids is 1. The van der Waals surface area contributed by atoms with Crippen molar-refractivity contribution in [3.63, 3.8) is 0 Å². The fourth-order valence-electron chi connectivity index (χ4n) is 3.23. The molecule has 7 heteroatoms. The topological polar surface area (TPSA) is 86.3 Å². The van der Waals surface area contributed by atoms with Crippen molar-refractivity contribution in [1.82, 2.24) is 0 Å². The van der Waals surface area contributed by atoms with Crippen molar-refractivity contribution >= 4 is 29.8 Å². The van der Waals surface area contributed by atoms with Crippen LogP contribution in [0.25, 0.3) is 18.2 Å². The van der Waals surface area contributed by atoms with Crippen LogP contribution in [0.3, 0.4) is 0 Å². The Labute approximate surface area is 198 Å². The Balaban J connectivity index is 1.86. The number of hydrogen-bond donors (Lipinski definition) is 2. The molecule has 0 bridgehead atoms. The average Bonchev–Trinajstić information content (AvgIpc) is 2.86. The van der Waals surface area contributed by atoms with Crippen LogP contribution in [-0.2, 0) is 4.79 Å². The first-order valence-corrected chi connectivity index (χ1v) is 10.4. The lowest BCUT2D eigenvalue weighted by atomic mass is 10.1. The molecule has 0 atom stereocenters. The molecule has 2 N–H and O–H groups in total. The summed E-state index contributed by atoms with van der Waals surface area (Å²) >= 11 is 0. The molecule has 34 heavy (non-hydrogen) atoms.